The van der Waals surface area contributed by atoms with E-state index in [9.17, 15) is 4.79 Å². The first kappa shape index (κ1) is 12.8. The molecule has 1 unspecified atom stereocenters. The first-order valence-corrected chi connectivity index (χ1v) is 6.33. The summed E-state index contributed by atoms with van der Waals surface area (Å²) in [7, 11) is 0. The van der Waals surface area contributed by atoms with Crippen LogP contribution in [0.25, 0.3) is 0 Å². The predicted octanol–water partition coefficient (Wildman–Crippen LogP) is 3.09. The van der Waals surface area contributed by atoms with Crippen molar-refractivity contribution in [2.75, 3.05) is 5.32 Å². The highest BCUT2D eigenvalue weighted by molar-refractivity contribution is 9.10. The van der Waals surface area contributed by atoms with E-state index in [0.29, 0.717) is 5.69 Å². The van der Waals surface area contributed by atoms with Gasteiger partial charge in [-0.1, -0.05) is 42.5 Å². The number of carbonyl (C=O) groups is 1. The van der Waals surface area contributed by atoms with Gasteiger partial charge in [0, 0.05) is 4.47 Å². The number of halogens is 1. The van der Waals surface area contributed by atoms with Gasteiger partial charge in [-0.25, -0.2) is 0 Å². The molecule has 0 aliphatic rings. The van der Waals surface area contributed by atoms with Gasteiger partial charge < -0.3 is 11.1 Å². The lowest BCUT2D eigenvalue weighted by Crippen LogP contribution is -2.27. The monoisotopic (exact) mass is 304 g/mol. The molecular weight excluding hydrogens is 292 g/mol. The van der Waals surface area contributed by atoms with Gasteiger partial charge in [-0.15, -0.1) is 0 Å². The van der Waals surface area contributed by atoms with Crippen LogP contribution in [-0.2, 0) is 4.79 Å². The second-order valence-corrected chi connectivity index (χ2v) is 4.71. The van der Waals surface area contributed by atoms with Crippen molar-refractivity contribution in [3.05, 3.63) is 64.6 Å². The SMILES string of the molecule is NC(C(=O)Nc1ccccc1Br)c1ccccc1. The number of hydrogen-bond acceptors (Lipinski definition) is 2. The lowest BCUT2D eigenvalue weighted by atomic mass is 10.1. The van der Waals surface area contributed by atoms with Gasteiger partial charge in [0.05, 0.1) is 5.69 Å². The first-order valence-electron chi connectivity index (χ1n) is 5.54. The fraction of sp³-hybridized carbons (Fsp3) is 0.0714. The van der Waals surface area contributed by atoms with Crippen LogP contribution < -0.4 is 11.1 Å². The maximum Gasteiger partial charge on any atom is 0.245 e. The molecule has 1 atom stereocenters. The number of nitrogens with two attached hydrogens (primary N) is 1. The molecule has 4 heteroatoms. The number of carbonyl (C=O) groups excluding carboxylic acids is 1. The molecule has 0 aromatic heterocycles. The van der Waals surface area contributed by atoms with Crippen molar-refractivity contribution in [2.24, 2.45) is 5.73 Å². The van der Waals surface area contributed by atoms with Gasteiger partial charge in [-0.3, -0.25) is 4.79 Å². The summed E-state index contributed by atoms with van der Waals surface area (Å²) in [4.78, 5) is 12.0. The fourth-order valence-electron chi connectivity index (χ4n) is 1.58. The van der Waals surface area contributed by atoms with Crippen molar-refractivity contribution in [3.63, 3.8) is 0 Å². The van der Waals surface area contributed by atoms with Gasteiger partial charge in [0.1, 0.15) is 6.04 Å². The van der Waals surface area contributed by atoms with Crippen molar-refractivity contribution in [1.29, 1.82) is 0 Å². The normalized spacial score (nSPS) is 11.9. The molecule has 0 bridgehead atoms. The summed E-state index contributed by atoms with van der Waals surface area (Å²) in [6.45, 7) is 0. The van der Waals surface area contributed by atoms with E-state index >= 15 is 0 Å². The van der Waals surface area contributed by atoms with E-state index < -0.39 is 6.04 Å². The van der Waals surface area contributed by atoms with Gasteiger partial charge in [0.25, 0.3) is 0 Å². The Morgan fingerprint density at radius 3 is 2.33 bits per heavy atom. The van der Waals surface area contributed by atoms with Crippen LogP contribution in [0.15, 0.2) is 59.1 Å². The highest BCUT2D eigenvalue weighted by atomic mass is 79.9. The molecule has 0 aliphatic heterocycles. The quantitative estimate of drug-likeness (QED) is 0.915. The highest BCUT2D eigenvalue weighted by Crippen LogP contribution is 2.22. The number of nitrogens with one attached hydrogen (secondary N) is 1. The molecule has 0 saturated carbocycles. The molecule has 3 nitrogen and oxygen atoms in total. The summed E-state index contributed by atoms with van der Waals surface area (Å²) >= 11 is 3.37. The first-order chi connectivity index (χ1) is 8.68. The van der Waals surface area contributed by atoms with Crippen LogP contribution in [0, 0.1) is 0 Å². The summed E-state index contributed by atoms with van der Waals surface area (Å²) in [5.41, 5.74) is 7.42. The number of para-hydroxylation sites is 1. The van der Waals surface area contributed by atoms with E-state index in [1.807, 2.05) is 54.6 Å². The minimum atomic E-state index is -0.668. The number of hydrogen-bond donors (Lipinski definition) is 2. The number of amides is 1. The van der Waals surface area contributed by atoms with Gasteiger partial charge in [-0.05, 0) is 33.6 Å². The summed E-state index contributed by atoms with van der Waals surface area (Å²) in [6.07, 6.45) is 0. The highest BCUT2D eigenvalue weighted by Gasteiger charge is 2.16. The van der Waals surface area contributed by atoms with E-state index in [2.05, 4.69) is 21.2 Å². The molecule has 3 N–H and O–H groups in total. The van der Waals surface area contributed by atoms with E-state index in [0.717, 1.165) is 10.0 Å². The molecule has 0 radical (unpaired) electrons. The molecule has 0 fully saturated rings. The zero-order chi connectivity index (χ0) is 13.0. The van der Waals surface area contributed by atoms with Crippen LogP contribution >= 0.6 is 15.9 Å². The largest absolute Gasteiger partial charge is 0.323 e. The van der Waals surface area contributed by atoms with Crippen molar-refractivity contribution >= 4 is 27.5 Å². The van der Waals surface area contributed by atoms with Crippen molar-refractivity contribution in [1.82, 2.24) is 0 Å². The number of anilines is 1. The van der Waals surface area contributed by atoms with Crippen molar-refractivity contribution in [2.45, 2.75) is 6.04 Å². The lowest BCUT2D eigenvalue weighted by molar-refractivity contribution is -0.117. The smallest absolute Gasteiger partial charge is 0.245 e. The second kappa shape index (κ2) is 5.80. The van der Waals surface area contributed by atoms with Gasteiger partial charge in [-0.2, -0.15) is 0 Å². The summed E-state index contributed by atoms with van der Waals surface area (Å²) < 4.78 is 0.832. The standard InChI is InChI=1S/C14H13BrN2O/c15-11-8-4-5-9-12(11)17-14(18)13(16)10-6-2-1-3-7-10/h1-9,13H,16H2,(H,17,18). The van der Waals surface area contributed by atoms with E-state index in [-0.39, 0.29) is 5.91 Å². The molecule has 2 aromatic rings. The molecule has 2 aromatic carbocycles. The number of rotatable bonds is 3. The molecule has 92 valence electrons. The fourth-order valence-corrected chi connectivity index (χ4v) is 1.97. The minimum absolute atomic E-state index is 0.229. The van der Waals surface area contributed by atoms with Crippen molar-refractivity contribution in [3.8, 4) is 0 Å². The molecule has 0 spiro atoms. The van der Waals surface area contributed by atoms with Crippen molar-refractivity contribution < 1.29 is 4.79 Å². The third kappa shape index (κ3) is 2.97. The van der Waals surface area contributed by atoms with Crippen LogP contribution in [-0.4, -0.2) is 5.91 Å². The molecule has 18 heavy (non-hydrogen) atoms. The van der Waals surface area contributed by atoms with Crippen LogP contribution in [0.1, 0.15) is 11.6 Å². The predicted molar refractivity (Wildman–Crippen MR) is 76.1 cm³/mol. The maximum absolute atomic E-state index is 12.0. The Morgan fingerprint density at radius 2 is 1.67 bits per heavy atom. The van der Waals surface area contributed by atoms with Gasteiger partial charge in [0.2, 0.25) is 5.91 Å². The molecule has 0 aliphatic carbocycles. The van der Waals surface area contributed by atoms with Crippen LogP contribution in [0.4, 0.5) is 5.69 Å². The second-order valence-electron chi connectivity index (χ2n) is 3.86. The molecule has 2 rings (SSSR count). The summed E-state index contributed by atoms with van der Waals surface area (Å²) in [5.74, 6) is -0.229. The Balaban J connectivity index is 2.12. The maximum atomic E-state index is 12.0. The lowest BCUT2D eigenvalue weighted by Gasteiger charge is -2.13. The molecule has 0 heterocycles. The van der Waals surface area contributed by atoms with E-state index in [1.165, 1.54) is 0 Å². The zero-order valence-corrected chi connectivity index (χ0v) is 11.2. The molecule has 1 amide bonds. The third-order valence-corrected chi connectivity index (χ3v) is 3.26. The summed E-state index contributed by atoms with van der Waals surface area (Å²) in [5, 5.41) is 2.80. The number of benzene rings is 2. The Hall–Kier alpha value is -1.65. The Bertz CT molecular complexity index is 543. The Kier molecular flexibility index (Phi) is 4.12. The van der Waals surface area contributed by atoms with E-state index in [1.54, 1.807) is 0 Å². The van der Waals surface area contributed by atoms with Gasteiger partial charge >= 0.3 is 0 Å². The van der Waals surface area contributed by atoms with E-state index in [4.69, 9.17) is 5.73 Å². The van der Waals surface area contributed by atoms with Crippen LogP contribution in [0.3, 0.4) is 0 Å². The average molecular weight is 305 g/mol. The summed E-state index contributed by atoms with van der Waals surface area (Å²) in [6, 6.07) is 16.0. The average Bonchev–Trinajstić information content (AvgIpc) is 2.41. The zero-order valence-electron chi connectivity index (χ0n) is 9.64. The van der Waals surface area contributed by atoms with Gasteiger partial charge in [0.15, 0.2) is 0 Å². The molecular formula is C14H13BrN2O. The molecule has 0 saturated heterocycles. The minimum Gasteiger partial charge on any atom is -0.323 e. The Morgan fingerprint density at radius 1 is 1.06 bits per heavy atom. The third-order valence-electron chi connectivity index (χ3n) is 2.57. The van der Waals surface area contributed by atoms with Crippen LogP contribution in [0.2, 0.25) is 0 Å². The Labute approximate surface area is 114 Å². The topological polar surface area (TPSA) is 55.1 Å². The van der Waals surface area contributed by atoms with Crippen LogP contribution in [0.5, 0.6) is 0 Å².